The average Bonchev–Trinajstić information content (AvgIpc) is 2.60. The molecular weight excluding hydrogens is 434 g/mol. The molecule has 3 N–H and O–H groups in total. The third-order valence-corrected chi connectivity index (χ3v) is 4.95. The maximum atomic E-state index is 12.6. The van der Waals surface area contributed by atoms with E-state index in [2.05, 4.69) is 0 Å². The number of hydrogen-bond acceptors (Lipinski definition) is 8. The summed E-state index contributed by atoms with van der Waals surface area (Å²) < 4.78 is 0. The number of aliphatic carboxylic acids is 3. The van der Waals surface area contributed by atoms with Gasteiger partial charge < -0.3 is 15.3 Å². The fourth-order valence-electron chi connectivity index (χ4n) is 2.72. The molecule has 11 heteroatoms. The van der Waals surface area contributed by atoms with E-state index in [1.165, 1.54) is 9.80 Å². The SMILES string of the molecule is CC(C)(C)C(=O)CN(CCN(CC(=O)O)CC(=O)O)CCN(CC(=O)O)CC(=O)C(C)(C)C. The first-order valence-electron chi connectivity index (χ1n) is 10.8. The highest BCUT2D eigenvalue weighted by Crippen LogP contribution is 2.16. The normalized spacial score (nSPS) is 12.4. The third-order valence-electron chi connectivity index (χ3n) is 4.95. The van der Waals surface area contributed by atoms with E-state index in [-0.39, 0.29) is 57.4 Å². The molecule has 11 nitrogen and oxygen atoms in total. The Kier molecular flexibility index (Phi) is 12.4. The largest absolute Gasteiger partial charge is 0.480 e. The van der Waals surface area contributed by atoms with Crippen LogP contribution in [0.1, 0.15) is 41.5 Å². The number of rotatable bonds is 16. The summed E-state index contributed by atoms with van der Waals surface area (Å²) in [6, 6.07) is 0. The molecule has 0 radical (unpaired) electrons. The Balaban J connectivity index is 5.41. The Hall–Kier alpha value is -2.37. The van der Waals surface area contributed by atoms with Crippen molar-refractivity contribution in [2.24, 2.45) is 10.8 Å². The monoisotopic (exact) mass is 473 g/mol. The minimum atomic E-state index is -1.16. The van der Waals surface area contributed by atoms with Crippen molar-refractivity contribution in [2.45, 2.75) is 41.5 Å². The van der Waals surface area contributed by atoms with Crippen LogP contribution in [0.3, 0.4) is 0 Å². The highest BCUT2D eigenvalue weighted by Gasteiger charge is 2.27. The molecule has 0 bridgehead atoms. The molecule has 0 atom stereocenters. The van der Waals surface area contributed by atoms with E-state index >= 15 is 0 Å². The van der Waals surface area contributed by atoms with Gasteiger partial charge >= 0.3 is 17.9 Å². The average molecular weight is 474 g/mol. The lowest BCUT2D eigenvalue weighted by atomic mass is 9.90. The number of ketones is 2. The van der Waals surface area contributed by atoms with Crippen LogP contribution in [0.2, 0.25) is 0 Å². The Labute approximate surface area is 195 Å². The molecule has 33 heavy (non-hydrogen) atoms. The number of carboxylic acids is 3. The van der Waals surface area contributed by atoms with E-state index in [4.69, 9.17) is 10.2 Å². The molecule has 0 aliphatic rings. The molecule has 190 valence electrons. The molecule has 0 aliphatic heterocycles. The number of nitrogens with zero attached hydrogens (tertiary/aromatic N) is 3. The fraction of sp³-hybridized carbons (Fsp3) is 0.773. The maximum absolute atomic E-state index is 12.6. The summed E-state index contributed by atoms with van der Waals surface area (Å²) in [5, 5.41) is 27.3. The van der Waals surface area contributed by atoms with Crippen molar-refractivity contribution in [1.29, 1.82) is 0 Å². The van der Waals surface area contributed by atoms with Crippen molar-refractivity contribution in [3.63, 3.8) is 0 Å². The van der Waals surface area contributed by atoms with Crippen molar-refractivity contribution in [1.82, 2.24) is 14.7 Å². The van der Waals surface area contributed by atoms with E-state index in [1.54, 1.807) is 46.4 Å². The lowest BCUT2D eigenvalue weighted by molar-refractivity contribution is -0.142. The summed E-state index contributed by atoms with van der Waals surface area (Å²) in [5.41, 5.74) is -1.25. The lowest BCUT2D eigenvalue weighted by Gasteiger charge is -2.30. The Morgan fingerprint density at radius 3 is 1.00 bits per heavy atom. The van der Waals surface area contributed by atoms with Gasteiger partial charge in [0.2, 0.25) is 0 Å². The van der Waals surface area contributed by atoms with Crippen LogP contribution >= 0.6 is 0 Å². The Bertz CT molecular complexity index is 693. The van der Waals surface area contributed by atoms with Gasteiger partial charge in [-0.2, -0.15) is 0 Å². The predicted octanol–water partition coefficient (Wildman–Crippen LogP) is 0.377. The molecule has 0 aromatic heterocycles. The zero-order valence-corrected chi connectivity index (χ0v) is 20.6. The highest BCUT2D eigenvalue weighted by molar-refractivity contribution is 5.86. The number of hydrogen-bond donors (Lipinski definition) is 3. The highest BCUT2D eigenvalue weighted by atomic mass is 16.4. The lowest BCUT2D eigenvalue weighted by Crippen LogP contribution is -2.47. The van der Waals surface area contributed by atoms with Crippen LogP contribution in [0.15, 0.2) is 0 Å². The van der Waals surface area contributed by atoms with Crippen LogP contribution in [0.5, 0.6) is 0 Å². The van der Waals surface area contributed by atoms with Gasteiger partial charge in [0.25, 0.3) is 0 Å². The van der Waals surface area contributed by atoms with Gasteiger partial charge in [-0.05, 0) is 0 Å². The molecule has 0 rings (SSSR count). The first kappa shape index (κ1) is 30.6. The van der Waals surface area contributed by atoms with E-state index in [9.17, 15) is 29.1 Å². The van der Waals surface area contributed by atoms with E-state index in [1.807, 2.05) is 0 Å². The van der Waals surface area contributed by atoms with Crippen LogP contribution in [-0.4, -0.2) is 118 Å². The van der Waals surface area contributed by atoms with Gasteiger partial charge in [-0.25, -0.2) is 0 Å². The van der Waals surface area contributed by atoms with Gasteiger partial charge in [-0.3, -0.25) is 38.7 Å². The molecule has 0 aliphatic carbocycles. The first-order valence-corrected chi connectivity index (χ1v) is 10.8. The molecular formula is C22H39N3O8. The maximum Gasteiger partial charge on any atom is 0.317 e. The van der Waals surface area contributed by atoms with Crippen LogP contribution in [0, 0.1) is 10.8 Å². The Morgan fingerprint density at radius 1 is 0.485 bits per heavy atom. The van der Waals surface area contributed by atoms with Crippen molar-refractivity contribution in [3.05, 3.63) is 0 Å². The van der Waals surface area contributed by atoms with Crippen molar-refractivity contribution in [3.8, 4) is 0 Å². The van der Waals surface area contributed by atoms with Crippen molar-refractivity contribution < 1.29 is 39.3 Å². The Morgan fingerprint density at radius 2 is 0.727 bits per heavy atom. The zero-order chi connectivity index (χ0) is 26.0. The molecule has 0 aromatic carbocycles. The number of carbonyl (C=O) groups excluding carboxylic acids is 2. The number of carbonyl (C=O) groups is 5. The first-order chi connectivity index (χ1) is 14.9. The number of Topliss-reactive ketones (excluding diaryl/α,β-unsaturated/α-hetero) is 2. The molecule has 0 fully saturated rings. The minimum Gasteiger partial charge on any atom is -0.480 e. The second kappa shape index (κ2) is 13.4. The zero-order valence-electron chi connectivity index (χ0n) is 20.6. The quantitative estimate of drug-likeness (QED) is 0.285. The summed E-state index contributed by atoms with van der Waals surface area (Å²) in [6.45, 7) is 10.0. The van der Waals surface area contributed by atoms with Gasteiger partial charge in [0.1, 0.15) is 0 Å². The van der Waals surface area contributed by atoms with Gasteiger partial charge in [0.05, 0.1) is 32.7 Å². The van der Waals surface area contributed by atoms with Gasteiger partial charge in [-0.15, -0.1) is 0 Å². The molecule has 0 saturated heterocycles. The molecule has 0 heterocycles. The topological polar surface area (TPSA) is 156 Å². The van der Waals surface area contributed by atoms with Crippen molar-refractivity contribution >= 4 is 29.5 Å². The van der Waals surface area contributed by atoms with Crippen LogP contribution in [-0.2, 0) is 24.0 Å². The van der Waals surface area contributed by atoms with Crippen molar-refractivity contribution in [2.75, 3.05) is 58.9 Å². The summed E-state index contributed by atoms with van der Waals surface area (Å²) in [4.78, 5) is 62.9. The standard InChI is InChI=1S/C22H39N3O8/c1-21(2,3)16(26)11-23(8-10-25(14-19(30)31)15-20(32)33)7-9-24(13-18(28)29)12-17(27)22(4,5)6/h7-15H2,1-6H3,(H,28,29)(H,30,31)(H,32,33). The molecule has 0 amide bonds. The molecule has 0 saturated carbocycles. The summed E-state index contributed by atoms with van der Waals surface area (Å²) in [7, 11) is 0. The van der Waals surface area contributed by atoms with Crippen LogP contribution < -0.4 is 0 Å². The van der Waals surface area contributed by atoms with Gasteiger partial charge in [0, 0.05) is 37.0 Å². The fourth-order valence-corrected chi connectivity index (χ4v) is 2.72. The van der Waals surface area contributed by atoms with E-state index in [0.29, 0.717) is 0 Å². The predicted molar refractivity (Wildman–Crippen MR) is 121 cm³/mol. The van der Waals surface area contributed by atoms with E-state index in [0.717, 1.165) is 0 Å². The number of carboxylic acid groups (broad SMARTS) is 3. The van der Waals surface area contributed by atoms with Gasteiger partial charge in [-0.1, -0.05) is 41.5 Å². The van der Waals surface area contributed by atoms with Gasteiger partial charge in [0.15, 0.2) is 11.6 Å². The molecule has 0 unspecified atom stereocenters. The summed E-state index contributed by atoms with van der Waals surface area (Å²) in [5.74, 6) is -3.59. The second-order valence-corrected chi connectivity index (χ2v) is 10.2. The summed E-state index contributed by atoms with van der Waals surface area (Å²) in [6.07, 6.45) is 0. The minimum absolute atomic E-state index is 0.0333. The third kappa shape index (κ3) is 14.4. The van der Waals surface area contributed by atoms with E-state index < -0.39 is 41.8 Å². The molecule has 0 spiro atoms. The molecule has 0 aromatic rings. The smallest absolute Gasteiger partial charge is 0.317 e. The van der Waals surface area contributed by atoms with Crippen LogP contribution in [0.4, 0.5) is 0 Å². The second-order valence-electron chi connectivity index (χ2n) is 10.2. The van der Waals surface area contributed by atoms with Crippen LogP contribution in [0.25, 0.3) is 0 Å². The summed E-state index contributed by atoms with van der Waals surface area (Å²) >= 11 is 0.